The van der Waals surface area contributed by atoms with Gasteiger partial charge in [0.2, 0.25) is 0 Å². The van der Waals surface area contributed by atoms with E-state index in [0.717, 1.165) is 0 Å². The lowest BCUT2D eigenvalue weighted by Gasteiger charge is -2.35. The van der Waals surface area contributed by atoms with Crippen LogP contribution in [0.15, 0.2) is 0 Å². The molecule has 3 N–H and O–H groups in total. The van der Waals surface area contributed by atoms with Gasteiger partial charge in [-0.1, -0.05) is 27.7 Å². The average Bonchev–Trinajstić information content (AvgIpc) is 1.87. The van der Waals surface area contributed by atoms with Gasteiger partial charge in [0.25, 0.3) is 0 Å². The van der Waals surface area contributed by atoms with E-state index in [-0.39, 0.29) is 11.8 Å². The van der Waals surface area contributed by atoms with E-state index >= 15 is 0 Å². The first-order valence-electron chi connectivity index (χ1n) is 4.37. The van der Waals surface area contributed by atoms with Crippen LogP contribution >= 0.6 is 0 Å². The average molecular weight is 159 g/mol. The number of hydrogen-bond donors (Lipinski definition) is 2. The normalized spacial score (nSPS) is 13.1. The number of rotatable bonds is 4. The van der Waals surface area contributed by atoms with Crippen molar-refractivity contribution in [2.24, 2.45) is 17.6 Å². The van der Waals surface area contributed by atoms with Crippen LogP contribution in [-0.4, -0.2) is 17.3 Å². The van der Waals surface area contributed by atoms with E-state index in [1.807, 2.05) is 27.7 Å². The van der Waals surface area contributed by atoms with Crippen molar-refractivity contribution >= 4 is 0 Å². The second-order valence-corrected chi connectivity index (χ2v) is 3.84. The Morgan fingerprint density at radius 3 is 1.64 bits per heavy atom. The smallest absolute Gasteiger partial charge is 0.0705 e. The van der Waals surface area contributed by atoms with Crippen molar-refractivity contribution < 1.29 is 5.11 Å². The van der Waals surface area contributed by atoms with Crippen LogP contribution in [0.2, 0.25) is 0 Å². The molecule has 0 aliphatic carbocycles. The molecule has 68 valence electrons. The summed E-state index contributed by atoms with van der Waals surface area (Å²) in [5.74, 6) is 0.567. The van der Waals surface area contributed by atoms with Crippen molar-refractivity contribution in [2.45, 2.75) is 39.7 Å². The van der Waals surface area contributed by atoms with Gasteiger partial charge in [-0.3, -0.25) is 0 Å². The van der Waals surface area contributed by atoms with E-state index in [9.17, 15) is 5.11 Å². The summed E-state index contributed by atoms with van der Waals surface area (Å²) in [5.41, 5.74) is 4.86. The van der Waals surface area contributed by atoms with Gasteiger partial charge in [0.15, 0.2) is 0 Å². The summed E-state index contributed by atoms with van der Waals surface area (Å²) in [5, 5.41) is 10.1. The molecule has 0 saturated carbocycles. The maximum atomic E-state index is 10.1. The summed E-state index contributed by atoms with van der Waals surface area (Å²) >= 11 is 0. The van der Waals surface area contributed by atoms with Crippen LogP contribution in [0.1, 0.15) is 34.1 Å². The van der Waals surface area contributed by atoms with Crippen LogP contribution in [0.3, 0.4) is 0 Å². The summed E-state index contributed by atoms with van der Waals surface area (Å²) in [6.45, 7) is 8.71. The lowest BCUT2D eigenvalue weighted by Crippen LogP contribution is -2.42. The van der Waals surface area contributed by atoms with Gasteiger partial charge >= 0.3 is 0 Å². The maximum absolute atomic E-state index is 10.1. The first-order chi connectivity index (χ1) is 4.95. The minimum atomic E-state index is -0.575. The third-order valence-corrected chi connectivity index (χ3v) is 2.54. The highest BCUT2D eigenvalue weighted by atomic mass is 16.3. The second-order valence-electron chi connectivity index (χ2n) is 3.84. The van der Waals surface area contributed by atoms with Crippen LogP contribution in [0.4, 0.5) is 0 Å². The van der Waals surface area contributed by atoms with E-state index < -0.39 is 5.60 Å². The third kappa shape index (κ3) is 2.46. The van der Waals surface area contributed by atoms with E-state index in [4.69, 9.17) is 5.73 Å². The molecule has 11 heavy (non-hydrogen) atoms. The Hall–Kier alpha value is -0.0800. The molecule has 0 rings (SSSR count). The fourth-order valence-electron chi connectivity index (χ4n) is 1.48. The largest absolute Gasteiger partial charge is 0.389 e. The minimum absolute atomic E-state index is 0.283. The lowest BCUT2D eigenvalue weighted by atomic mass is 9.78. The maximum Gasteiger partial charge on any atom is 0.0705 e. The predicted molar refractivity (Wildman–Crippen MR) is 48.3 cm³/mol. The van der Waals surface area contributed by atoms with Crippen molar-refractivity contribution in [1.29, 1.82) is 0 Å². The molecule has 0 aromatic heterocycles. The van der Waals surface area contributed by atoms with Crippen molar-refractivity contribution in [2.75, 3.05) is 6.54 Å². The van der Waals surface area contributed by atoms with Gasteiger partial charge in [0.05, 0.1) is 5.60 Å². The summed E-state index contributed by atoms with van der Waals surface area (Å²) in [4.78, 5) is 0. The Balaban J connectivity index is 4.26. The molecule has 0 saturated heterocycles. The minimum Gasteiger partial charge on any atom is -0.389 e. The first kappa shape index (κ1) is 10.9. The van der Waals surface area contributed by atoms with Gasteiger partial charge in [0.1, 0.15) is 0 Å². The molecule has 0 amide bonds. The van der Waals surface area contributed by atoms with Gasteiger partial charge < -0.3 is 10.8 Å². The molecular formula is C9H21NO. The second kappa shape index (κ2) is 4.07. The number of nitrogens with two attached hydrogens (primary N) is 1. The van der Waals surface area contributed by atoms with Crippen LogP contribution in [0, 0.1) is 11.8 Å². The highest BCUT2D eigenvalue weighted by molar-refractivity contribution is 4.85. The number of aliphatic hydroxyl groups is 1. The van der Waals surface area contributed by atoms with Crippen molar-refractivity contribution in [3.05, 3.63) is 0 Å². The van der Waals surface area contributed by atoms with E-state index in [2.05, 4.69) is 0 Å². The van der Waals surface area contributed by atoms with Crippen LogP contribution < -0.4 is 5.73 Å². The van der Waals surface area contributed by atoms with E-state index in [1.165, 1.54) is 0 Å². The Bertz CT molecular complexity index is 102. The number of hydrogen-bond acceptors (Lipinski definition) is 2. The summed E-state index contributed by atoms with van der Waals surface area (Å²) in [7, 11) is 0. The molecule has 0 heterocycles. The Labute approximate surface area is 69.8 Å². The molecule has 2 heteroatoms. The molecule has 0 aliphatic heterocycles. The highest BCUT2D eigenvalue weighted by Crippen LogP contribution is 2.28. The van der Waals surface area contributed by atoms with Crippen LogP contribution in [0.5, 0.6) is 0 Å². The zero-order chi connectivity index (χ0) is 9.07. The molecule has 0 unspecified atom stereocenters. The van der Waals surface area contributed by atoms with Gasteiger partial charge in [-0.2, -0.15) is 0 Å². The van der Waals surface area contributed by atoms with Crippen LogP contribution in [-0.2, 0) is 0 Å². The monoisotopic (exact) mass is 159 g/mol. The molecule has 2 nitrogen and oxygen atoms in total. The predicted octanol–water partition coefficient (Wildman–Crippen LogP) is 1.38. The van der Waals surface area contributed by atoms with Gasteiger partial charge in [-0.15, -0.1) is 0 Å². The van der Waals surface area contributed by atoms with Gasteiger partial charge in [0, 0.05) is 0 Å². The summed E-state index contributed by atoms with van der Waals surface area (Å²) < 4.78 is 0. The fourth-order valence-corrected chi connectivity index (χ4v) is 1.48. The summed E-state index contributed by atoms with van der Waals surface area (Å²) in [6, 6.07) is 0. The zero-order valence-electron chi connectivity index (χ0n) is 8.09. The molecule has 0 fully saturated rings. The van der Waals surface area contributed by atoms with Gasteiger partial charge in [-0.25, -0.2) is 0 Å². The molecule has 0 aromatic rings. The lowest BCUT2D eigenvalue weighted by molar-refractivity contribution is -0.0516. The first-order valence-corrected chi connectivity index (χ1v) is 4.37. The van der Waals surface area contributed by atoms with E-state index in [0.29, 0.717) is 13.0 Å². The molecule has 0 radical (unpaired) electrons. The van der Waals surface area contributed by atoms with Gasteiger partial charge in [-0.05, 0) is 24.8 Å². The fraction of sp³-hybridized carbons (Fsp3) is 1.00. The van der Waals surface area contributed by atoms with Crippen molar-refractivity contribution in [3.63, 3.8) is 0 Å². The Morgan fingerprint density at radius 1 is 1.18 bits per heavy atom. The molecular weight excluding hydrogens is 138 g/mol. The highest BCUT2D eigenvalue weighted by Gasteiger charge is 2.33. The van der Waals surface area contributed by atoms with Crippen molar-refractivity contribution in [1.82, 2.24) is 0 Å². The van der Waals surface area contributed by atoms with Crippen molar-refractivity contribution in [3.8, 4) is 0 Å². The molecule has 0 aliphatic rings. The quantitative estimate of drug-likeness (QED) is 0.651. The SMILES string of the molecule is CC(C)C(O)(CCN)C(C)C. The Kier molecular flexibility index (Phi) is 4.04. The Morgan fingerprint density at radius 2 is 1.55 bits per heavy atom. The topological polar surface area (TPSA) is 46.2 Å². The third-order valence-electron chi connectivity index (χ3n) is 2.54. The van der Waals surface area contributed by atoms with E-state index in [1.54, 1.807) is 0 Å². The standard InChI is InChI=1S/C9H21NO/c1-7(2)9(11,5-6-10)8(3)4/h7-8,11H,5-6,10H2,1-4H3. The van der Waals surface area contributed by atoms with Crippen LogP contribution in [0.25, 0.3) is 0 Å². The summed E-state index contributed by atoms with van der Waals surface area (Å²) in [6.07, 6.45) is 0.697. The molecule has 0 aromatic carbocycles. The molecule has 0 spiro atoms. The zero-order valence-corrected chi connectivity index (χ0v) is 8.09. The molecule has 0 bridgehead atoms. The molecule has 0 atom stereocenters.